The number of hydrogen-bond acceptors (Lipinski definition) is 4. The first kappa shape index (κ1) is 10.4. The van der Waals surface area contributed by atoms with Gasteiger partial charge in [-0.15, -0.1) is 0 Å². The van der Waals surface area contributed by atoms with E-state index in [1.165, 1.54) is 0 Å². The maximum atomic E-state index is 10.2. The van der Waals surface area contributed by atoms with Crippen LogP contribution in [0.15, 0.2) is 11.1 Å². The van der Waals surface area contributed by atoms with E-state index in [0.29, 0.717) is 14.4 Å². The molecular weight excluding hydrogens is 228 g/mol. The lowest BCUT2D eigenvalue weighted by Crippen LogP contribution is -1.98. The van der Waals surface area contributed by atoms with Crippen molar-refractivity contribution in [2.45, 2.75) is 5.03 Å². The van der Waals surface area contributed by atoms with Crippen molar-refractivity contribution in [2.24, 2.45) is 0 Å². The van der Waals surface area contributed by atoms with Crippen molar-refractivity contribution >= 4 is 42.2 Å². The molecule has 0 amide bonds. The molecule has 70 valence electrons. The minimum atomic E-state index is -0.872. The number of thioether (sulfide) groups is 1. The van der Waals surface area contributed by atoms with Gasteiger partial charge >= 0.3 is 5.97 Å². The minimum absolute atomic E-state index is 0.00986. The molecule has 0 atom stereocenters. The number of rotatable bonds is 3. The fraction of sp³-hybridized carbons (Fsp3) is 0.167. The average molecular weight is 234 g/mol. The molecule has 0 saturated heterocycles. The molecule has 13 heavy (non-hydrogen) atoms. The summed E-state index contributed by atoms with van der Waals surface area (Å²) in [6.45, 7) is 0. The second kappa shape index (κ2) is 4.54. The Labute approximate surface area is 88.4 Å². The second-order valence-corrected chi connectivity index (χ2v) is 4.00. The van der Waals surface area contributed by atoms with Crippen molar-refractivity contribution in [1.82, 2.24) is 9.97 Å². The number of aliphatic carboxylic acids is 1. The van der Waals surface area contributed by atoms with Gasteiger partial charge in [-0.05, 0) is 12.2 Å². The SMILES string of the molecule is O=C(O)CSc1cc(=S)[nH]c(=S)[nH]1. The molecule has 0 radical (unpaired) electrons. The number of carboxylic acids is 1. The topological polar surface area (TPSA) is 68.9 Å². The number of H-pyrrole nitrogens is 2. The molecule has 0 aliphatic rings. The highest BCUT2D eigenvalue weighted by Crippen LogP contribution is 2.13. The zero-order chi connectivity index (χ0) is 9.84. The molecule has 4 nitrogen and oxygen atoms in total. The van der Waals surface area contributed by atoms with Crippen LogP contribution in [0.2, 0.25) is 0 Å². The predicted molar refractivity (Wildman–Crippen MR) is 55.2 cm³/mol. The quantitative estimate of drug-likeness (QED) is 0.424. The van der Waals surface area contributed by atoms with Crippen LogP contribution in [0.5, 0.6) is 0 Å². The molecule has 0 saturated carbocycles. The van der Waals surface area contributed by atoms with Gasteiger partial charge in [0, 0.05) is 6.07 Å². The number of hydrogen-bond donors (Lipinski definition) is 3. The largest absolute Gasteiger partial charge is 0.481 e. The van der Waals surface area contributed by atoms with E-state index in [0.717, 1.165) is 11.8 Å². The third-order valence-corrected chi connectivity index (χ3v) is 2.43. The fourth-order valence-corrected chi connectivity index (χ4v) is 1.96. The zero-order valence-electron chi connectivity index (χ0n) is 6.36. The summed E-state index contributed by atoms with van der Waals surface area (Å²) in [5, 5.41) is 9.08. The van der Waals surface area contributed by atoms with Gasteiger partial charge < -0.3 is 15.1 Å². The summed E-state index contributed by atoms with van der Waals surface area (Å²) in [7, 11) is 0. The van der Waals surface area contributed by atoms with Crippen LogP contribution in [-0.2, 0) is 4.79 Å². The molecule has 0 aliphatic heterocycles. The zero-order valence-corrected chi connectivity index (χ0v) is 8.81. The van der Waals surface area contributed by atoms with Crippen molar-refractivity contribution in [3.05, 3.63) is 15.5 Å². The van der Waals surface area contributed by atoms with Crippen molar-refractivity contribution in [3.63, 3.8) is 0 Å². The van der Waals surface area contributed by atoms with E-state index >= 15 is 0 Å². The van der Waals surface area contributed by atoms with Gasteiger partial charge in [-0.3, -0.25) is 4.79 Å². The molecule has 1 aromatic rings. The van der Waals surface area contributed by atoms with E-state index in [1.807, 2.05) is 0 Å². The number of carboxylic acid groups (broad SMARTS) is 1. The molecule has 1 aromatic heterocycles. The Kier molecular flexibility index (Phi) is 3.64. The van der Waals surface area contributed by atoms with E-state index in [9.17, 15) is 4.79 Å². The summed E-state index contributed by atoms with van der Waals surface area (Å²) in [6.07, 6.45) is 0. The van der Waals surface area contributed by atoms with Gasteiger partial charge in [0.25, 0.3) is 0 Å². The van der Waals surface area contributed by atoms with Crippen molar-refractivity contribution in [3.8, 4) is 0 Å². The Bertz CT molecular complexity index is 394. The predicted octanol–water partition coefficient (Wildman–Crippen LogP) is 1.98. The third-order valence-electron chi connectivity index (χ3n) is 1.09. The monoisotopic (exact) mass is 234 g/mol. The Morgan fingerprint density at radius 1 is 1.54 bits per heavy atom. The lowest BCUT2D eigenvalue weighted by atomic mass is 10.7. The van der Waals surface area contributed by atoms with Gasteiger partial charge in [-0.1, -0.05) is 24.0 Å². The van der Waals surface area contributed by atoms with Gasteiger partial charge in [0.05, 0.1) is 10.8 Å². The average Bonchev–Trinajstić information content (AvgIpc) is 1.99. The first-order valence-electron chi connectivity index (χ1n) is 3.26. The Morgan fingerprint density at radius 3 is 2.77 bits per heavy atom. The first-order valence-corrected chi connectivity index (χ1v) is 5.06. The van der Waals surface area contributed by atoms with Crippen LogP contribution in [0.3, 0.4) is 0 Å². The smallest absolute Gasteiger partial charge is 0.313 e. The van der Waals surface area contributed by atoms with E-state index < -0.39 is 5.97 Å². The molecule has 0 unspecified atom stereocenters. The summed E-state index contributed by atoms with van der Waals surface area (Å²) in [5.74, 6) is -0.882. The van der Waals surface area contributed by atoms with Crippen molar-refractivity contribution < 1.29 is 9.90 Å². The molecule has 0 aliphatic carbocycles. The van der Waals surface area contributed by atoms with Crippen molar-refractivity contribution in [1.29, 1.82) is 0 Å². The highest BCUT2D eigenvalue weighted by Gasteiger charge is 1.99. The van der Waals surface area contributed by atoms with E-state index in [-0.39, 0.29) is 5.75 Å². The van der Waals surface area contributed by atoms with E-state index in [2.05, 4.69) is 9.97 Å². The van der Waals surface area contributed by atoms with E-state index in [1.54, 1.807) is 6.07 Å². The Balaban J connectivity index is 2.84. The van der Waals surface area contributed by atoms with Gasteiger partial charge in [0.2, 0.25) is 0 Å². The molecule has 1 heterocycles. The molecule has 0 bridgehead atoms. The van der Waals surface area contributed by atoms with Gasteiger partial charge in [-0.25, -0.2) is 0 Å². The summed E-state index contributed by atoms with van der Waals surface area (Å²) < 4.78 is 0.900. The van der Waals surface area contributed by atoms with Crippen LogP contribution in [0, 0.1) is 9.41 Å². The van der Waals surface area contributed by atoms with E-state index in [4.69, 9.17) is 29.5 Å². The third kappa shape index (κ3) is 3.71. The standard InChI is InChI=1S/C6H6N2O2S3/c9-5(10)2-13-4-1-3(11)7-6(12)8-4/h1H,2H2,(H,9,10)(H2,7,8,11,12). The summed E-state index contributed by atoms with van der Waals surface area (Å²) in [4.78, 5) is 15.8. The maximum absolute atomic E-state index is 10.2. The summed E-state index contributed by atoms with van der Waals surface area (Å²) in [6, 6.07) is 1.64. The highest BCUT2D eigenvalue weighted by atomic mass is 32.2. The minimum Gasteiger partial charge on any atom is -0.481 e. The van der Waals surface area contributed by atoms with Crippen LogP contribution >= 0.6 is 36.2 Å². The molecule has 0 spiro atoms. The van der Waals surface area contributed by atoms with Crippen LogP contribution in [-0.4, -0.2) is 26.8 Å². The Morgan fingerprint density at radius 2 is 2.23 bits per heavy atom. The maximum Gasteiger partial charge on any atom is 0.313 e. The number of nitrogens with one attached hydrogen (secondary N) is 2. The molecule has 0 fully saturated rings. The van der Waals surface area contributed by atoms with Crippen LogP contribution in [0.4, 0.5) is 0 Å². The molecule has 3 N–H and O–H groups in total. The number of aromatic nitrogens is 2. The molecular formula is C6H6N2O2S3. The Hall–Kier alpha value is -0.660. The number of aromatic amines is 2. The van der Waals surface area contributed by atoms with Crippen molar-refractivity contribution in [2.75, 3.05) is 5.75 Å². The second-order valence-electron chi connectivity index (χ2n) is 2.13. The van der Waals surface area contributed by atoms with Gasteiger partial charge in [-0.2, -0.15) is 0 Å². The molecule has 0 aromatic carbocycles. The summed E-state index contributed by atoms with van der Waals surface area (Å²) >= 11 is 10.8. The molecule has 1 rings (SSSR count). The highest BCUT2D eigenvalue weighted by molar-refractivity contribution is 7.99. The van der Waals surface area contributed by atoms with Crippen LogP contribution in [0.25, 0.3) is 0 Å². The van der Waals surface area contributed by atoms with Crippen LogP contribution in [0.1, 0.15) is 0 Å². The number of carbonyl (C=O) groups is 1. The summed E-state index contributed by atoms with van der Waals surface area (Å²) in [5.41, 5.74) is 0. The lowest BCUT2D eigenvalue weighted by molar-refractivity contribution is -0.133. The van der Waals surface area contributed by atoms with Gasteiger partial charge in [0.15, 0.2) is 4.77 Å². The molecule has 7 heteroatoms. The lowest BCUT2D eigenvalue weighted by Gasteiger charge is -1.97. The normalized spacial score (nSPS) is 9.85. The van der Waals surface area contributed by atoms with Gasteiger partial charge in [0.1, 0.15) is 4.64 Å². The first-order chi connectivity index (χ1) is 6.08. The fourth-order valence-electron chi connectivity index (χ4n) is 0.664. The van der Waals surface area contributed by atoms with Crippen LogP contribution < -0.4 is 0 Å².